The first kappa shape index (κ1) is 29.4. The fraction of sp³-hybridized carbons (Fsp3) is 0. The Morgan fingerprint density at radius 1 is 0.373 bits per heavy atom. The van der Waals surface area contributed by atoms with E-state index in [0.717, 1.165) is 43.5 Å². The molecule has 0 atom stereocenters. The smallest absolute Gasteiger partial charge is 0.165 e. The molecule has 0 unspecified atom stereocenters. The molecule has 10 rings (SSSR count). The van der Waals surface area contributed by atoms with Crippen molar-refractivity contribution in [2.75, 3.05) is 0 Å². The molecule has 0 bridgehead atoms. The van der Waals surface area contributed by atoms with E-state index in [2.05, 4.69) is 138 Å². The lowest BCUT2D eigenvalue weighted by molar-refractivity contribution is 1.08. The summed E-state index contributed by atoms with van der Waals surface area (Å²) in [6.45, 7) is 0. The van der Waals surface area contributed by atoms with Crippen molar-refractivity contribution in [3.05, 3.63) is 170 Å². The van der Waals surface area contributed by atoms with Crippen molar-refractivity contribution in [1.29, 1.82) is 0 Å². The average molecular weight is 669 g/mol. The maximum Gasteiger partial charge on any atom is 0.165 e. The molecular formula is C46H28N4S. The molecule has 3 aromatic heterocycles. The summed E-state index contributed by atoms with van der Waals surface area (Å²) in [4.78, 5) is 19.8. The van der Waals surface area contributed by atoms with Crippen LogP contribution in [0.4, 0.5) is 0 Å². The number of benzene rings is 7. The molecule has 0 radical (unpaired) electrons. The van der Waals surface area contributed by atoms with Gasteiger partial charge in [0, 0.05) is 54.6 Å². The SMILES string of the molecule is c1ccc(-c2ccc(-c3nc(-c4ccccc4)nc(-c4cc(-c5ccc6ccc7cnccc7c6c5)cc5c4sc4ccccc45)n3)cc2)cc1. The number of thiophene rings is 1. The van der Waals surface area contributed by atoms with Gasteiger partial charge < -0.3 is 0 Å². The number of hydrogen-bond acceptors (Lipinski definition) is 5. The maximum absolute atomic E-state index is 5.23. The van der Waals surface area contributed by atoms with Crippen LogP contribution in [0.5, 0.6) is 0 Å². The molecule has 3 heterocycles. The minimum Gasteiger partial charge on any atom is -0.264 e. The molecule has 51 heavy (non-hydrogen) atoms. The molecule has 238 valence electrons. The van der Waals surface area contributed by atoms with Crippen LogP contribution in [0.25, 0.3) is 98.1 Å². The highest BCUT2D eigenvalue weighted by Crippen LogP contribution is 2.43. The molecule has 0 aliphatic rings. The minimum atomic E-state index is 0.643. The molecule has 0 amide bonds. The van der Waals surface area contributed by atoms with Gasteiger partial charge in [0.05, 0.1) is 0 Å². The third kappa shape index (κ3) is 5.23. The lowest BCUT2D eigenvalue weighted by atomic mass is 9.95. The van der Waals surface area contributed by atoms with Gasteiger partial charge in [-0.3, -0.25) is 4.98 Å². The van der Waals surface area contributed by atoms with Crippen molar-refractivity contribution >= 4 is 53.1 Å². The summed E-state index contributed by atoms with van der Waals surface area (Å²) < 4.78 is 2.39. The van der Waals surface area contributed by atoms with Crippen LogP contribution in [0.15, 0.2) is 170 Å². The maximum atomic E-state index is 5.23. The highest BCUT2D eigenvalue weighted by molar-refractivity contribution is 7.26. The zero-order valence-corrected chi connectivity index (χ0v) is 28.2. The summed E-state index contributed by atoms with van der Waals surface area (Å²) in [5.74, 6) is 1.94. The van der Waals surface area contributed by atoms with E-state index < -0.39 is 0 Å². The molecule has 0 fully saturated rings. The van der Waals surface area contributed by atoms with Crippen LogP contribution >= 0.6 is 11.3 Å². The second kappa shape index (κ2) is 12.1. The zero-order valence-electron chi connectivity index (χ0n) is 27.4. The van der Waals surface area contributed by atoms with Crippen LogP contribution in [0.1, 0.15) is 0 Å². The fourth-order valence-corrected chi connectivity index (χ4v) is 8.22. The first-order valence-corrected chi connectivity index (χ1v) is 17.8. The monoisotopic (exact) mass is 668 g/mol. The lowest BCUT2D eigenvalue weighted by Crippen LogP contribution is -2.00. The number of hydrogen-bond donors (Lipinski definition) is 0. The molecule has 0 saturated carbocycles. The van der Waals surface area contributed by atoms with E-state index >= 15 is 0 Å². The van der Waals surface area contributed by atoms with Crippen molar-refractivity contribution in [3.8, 4) is 56.4 Å². The number of rotatable bonds is 5. The summed E-state index contributed by atoms with van der Waals surface area (Å²) >= 11 is 1.79. The molecule has 5 heteroatoms. The highest BCUT2D eigenvalue weighted by atomic mass is 32.1. The molecule has 0 aliphatic carbocycles. The van der Waals surface area contributed by atoms with E-state index in [4.69, 9.17) is 15.0 Å². The van der Waals surface area contributed by atoms with E-state index in [1.54, 1.807) is 11.3 Å². The predicted molar refractivity (Wildman–Crippen MR) is 213 cm³/mol. The molecule has 0 aliphatic heterocycles. The molecule has 4 nitrogen and oxygen atoms in total. The largest absolute Gasteiger partial charge is 0.264 e. The van der Waals surface area contributed by atoms with Gasteiger partial charge in [-0.2, -0.15) is 0 Å². The molecule has 7 aromatic carbocycles. The lowest BCUT2D eigenvalue weighted by Gasteiger charge is -2.12. The first-order valence-electron chi connectivity index (χ1n) is 17.0. The third-order valence-corrected chi connectivity index (χ3v) is 10.8. The van der Waals surface area contributed by atoms with Crippen molar-refractivity contribution in [3.63, 3.8) is 0 Å². The molecule has 10 aromatic rings. The first-order chi connectivity index (χ1) is 25.2. The Hall–Kier alpha value is -6.56. The van der Waals surface area contributed by atoms with Crippen molar-refractivity contribution in [2.24, 2.45) is 0 Å². The quantitative estimate of drug-likeness (QED) is 0.171. The van der Waals surface area contributed by atoms with Crippen molar-refractivity contribution < 1.29 is 0 Å². The Morgan fingerprint density at radius 2 is 0.961 bits per heavy atom. The van der Waals surface area contributed by atoms with E-state index in [1.165, 1.54) is 37.2 Å². The Bertz CT molecular complexity index is 2900. The summed E-state index contributed by atoms with van der Waals surface area (Å²) in [5, 5.41) is 7.15. The zero-order chi connectivity index (χ0) is 33.7. The van der Waals surface area contributed by atoms with Crippen molar-refractivity contribution in [2.45, 2.75) is 0 Å². The Labute approximate surface area is 298 Å². The topological polar surface area (TPSA) is 51.6 Å². The summed E-state index contributed by atoms with van der Waals surface area (Å²) in [6, 6.07) is 55.5. The van der Waals surface area contributed by atoms with E-state index in [9.17, 15) is 0 Å². The van der Waals surface area contributed by atoms with Crippen LogP contribution in [-0.2, 0) is 0 Å². The number of pyridine rings is 1. The van der Waals surface area contributed by atoms with Gasteiger partial charge >= 0.3 is 0 Å². The normalized spacial score (nSPS) is 11.5. The van der Waals surface area contributed by atoms with Crippen LogP contribution < -0.4 is 0 Å². The second-order valence-electron chi connectivity index (χ2n) is 12.7. The number of aromatic nitrogens is 4. The van der Waals surface area contributed by atoms with Gasteiger partial charge in [-0.1, -0.05) is 127 Å². The summed E-state index contributed by atoms with van der Waals surface area (Å²) in [6.07, 6.45) is 3.80. The predicted octanol–water partition coefficient (Wildman–Crippen LogP) is 12.3. The van der Waals surface area contributed by atoms with Crippen LogP contribution in [0, 0.1) is 0 Å². The fourth-order valence-electron chi connectivity index (χ4n) is 7.02. The van der Waals surface area contributed by atoms with Crippen LogP contribution in [0.2, 0.25) is 0 Å². The van der Waals surface area contributed by atoms with Gasteiger partial charge in [-0.25, -0.2) is 15.0 Å². The van der Waals surface area contributed by atoms with Gasteiger partial charge in [0.25, 0.3) is 0 Å². The van der Waals surface area contributed by atoms with Gasteiger partial charge in [0.1, 0.15) is 0 Å². The second-order valence-corrected chi connectivity index (χ2v) is 13.8. The van der Waals surface area contributed by atoms with Gasteiger partial charge in [-0.05, 0) is 68.7 Å². The average Bonchev–Trinajstić information content (AvgIpc) is 3.59. The number of fused-ring (bicyclic) bond motifs is 6. The van der Waals surface area contributed by atoms with Gasteiger partial charge in [0.15, 0.2) is 17.5 Å². The van der Waals surface area contributed by atoms with Crippen LogP contribution in [-0.4, -0.2) is 19.9 Å². The Morgan fingerprint density at radius 3 is 1.76 bits per heavy atom. The molecule has 0 spiro atoms. The highest BCUT2D eigenvalue weighted by Gasteiger charge is 2.19. The Balaban J connectivity index is 1.20. The molecule has 0 saturated heterocycles. The third-order valence-electron chi connectivity index (χ3n) is 9.61. The number of nitrogens with zero attached hydrogens (tertiary/aromatic N) is 4. The van der Waals surface area contributed by atoms with E-state index in [-0.39, 0.29) is 0 Å². The minimum absolute atomic E-state index is 0.643. The van der Waals surface area contributed by atoms with E-state index in [1.807, 2.05) is 36.7 Å². The molecule has 0 N–H and O–H groups in total. The van der Waals surface area contributed by atoms with Crippen LogP contribution in [0.3, 0.4) is 0 Å². The summed E-state index contributed by atoms with van der Waals surface area (Å²) in [7, 11) is 0. The molecular weight excluding hydrogens is 641 g/mol. The van der Waals surface area contributed by atoms with Gasteiger partial charge in [0.2, 0.25) is 0 Å². The van der Waals surface area contributed by atoms with Gasteiger partial charge in [-0.15, -0.1) is 11.3 Å². The standard InChI is InChI=1S/C46H28N4S/c1-3-9-29(10-4-1)30-15-19-33(20-16-30)45-48-44(32-11-5-2-6-12-32)49-46(50-45)41-27-36(26-40-38-13-7-8-14-42(38)51-43(40)41)34-21-17-31-18-22-35-28-47-24-23-37(35)39(31)25-34/h1-28H. The Kier molecular flexibility index (Phi) is 6.96. The van der Waals surface area contributed by atoms with Crippen molar-refractivity contribution in [1.82, 2.24) is 19.9 Å². The summed E-state index contributed by atoms with van der Waals surface area (Å²) in [5.41, 5.74) is 7.46. The van der Waals surface area contributed by atoms with E-state index in [0.29, 0.717) is 17.5 Å².